The van der Waals surface area contributed by atoms with Crippen LogP contribution in [0.15, 0.2) is 47.6 Å². The van der Waals surface area contributed by atoms with E-state index in [-0.39, 0.29) is 0 Å². The Labute approximate surface area is 172 Å². The highest BCUT2D eigenvalue weighted by Crippen LogP contribution is 2.22. The van der Waals surface area contributed by atoms with E-state index in [9.17, 15) is 0 Å². The average molecular weight is 421 g/mol. The lowest BCUT2D eigenvalue weighted by atomic mass is 10.2. The van der Waals surface area contributed by atoms with E-state index in [1.54, 1.807) is 23.0 Å². The molecule has 3 rings (SSSR count). The maximum absolute atomic E-state index is 6.16. The molecule has 0 unspecified atom stereocenters. The van der Waals surface area contributed by atoms with Crippen LogP contribution in [0, 0.1) is 4.77 Å². The Kier molecular flexibility index (Phi) is 6.66. The largest absolute Gasteiger partial charge is 0.489 e. The van der Waals surface area contributed by atoms with Gasteiger partial charge in [-0.15, -0.1) is 0 Å². The number of H-pyrrole nitrogens is 1. The van der Waals surface area contributed by atoms with Crippen LogP contribution >= 0.6 is 35.4 Å². The van der Waals surface area contributed by atoms with Gasteiger partial charge in [0.25, 0.3) is 0 Å². The first-order valence-corrected chi connectivity index (χ1v) is 9.60. The van der Waals surface area contributed by atoms with Gasteiger partial charge in [0, 0.05) is 22.0 Å². The predicted octanol–water partition coefficient (Wildman–Crippen LogP) is 5.66. The van der Waals surface area contributed by atoms with Crippen LogP contribution < -0.4 is 4.74 Å². The molecule has 27 heavy (non-hydrogen) atoms. The number of benzene rings is 2. The van der Waals surface area contributed by atoms with Crippen LogP contribution in [-0.2, 0) is 13.0 Å². The van der Waals surface area contributed by atoms with Gasteiger partial charge in [0.1, 0.15) is 12.4 Å². The van der Waals surface area contributed by atoms with E-state index in [0.29, 0.717) is 21.4 Å². The third-order valence-electron chi connectivity index (χ3n) is 3.80. The summed E-state index contributed by atoms with van der Waals surface area (Å²) in [5.41, 5.74) is 1.81. The molecule has 1 N–H and O–H groups in total. The van der Waals surface area contributed by atoms with E-state index in [1.165, 1.54) is 0 Å². The van der Waals surface area contributed by atoms with Crippen LogP contribution in [-0.4, -0.2) is 21.1 Å². The fourth-order valence-electron chi connectivity index (χ4n) is 2.40. The molecule has 0 radical (unpaired) electrons. The molecule has 0 aliphatic rings. The maximum atomic E-state index is 6.16. The molecule has 2 aromatic carbocycles. The second kappa shape index (κ2) is 9.17. The van der Waals surface area contributed by atoms with Crippen molar-refractivity contribution >= 4 is 41.6 Å². The standard InChI is InChI=1S/C19H18Cl2N4OS/c1-2-3-18-23-24-19(27)25(18)22-11-13-4-8-16(9-5-13)26-12-14-6-7-15(20)10-17(14)21/h4-11H,2-3,12H2,1H3,(H,24,27)/b22-11+. The number of ether oxygens (including phenoxy) is 1. The lowest BCUT2D eigenvalue weighted by molar-refractivity contribution is 0.306. The molecule has 8 heteroatoms. The van der Waals surface area contributed by atoms with Crippen LogP contribution in [0.25, 0.3) is 0 Å². The fraction of sp³-hybridized carbons (Fsp3) is 0.211. The number of rotatable bonds is 7. The van der Waals surface area contributed by atoms with E-state index in [4.69, 9.17) is 40.2 Å². The molecule has 0 amide bonds. The molecule has 0 saturated carbocycles. The molecule has 0 aliphatic heterocycles. The molecule has 0 saturated heterocycles. The quantitative estimate of drug-likeness (QED) is 0.396. The molecule has 3 aromatic rings. The monoisotopic (exact) mass is 420 g/mol. The SMILES string of the molecule is CCCc1n[nH]c(=S)n1/N=C/c1ccc(OCc2ccc(Cl)cc2Cl)cc1. The normalized spacial score (nSPS) is 11.2. The van der Waals surface area contributed by atoms with Crippen molar-refractivity contribution < 1.29 is 4.74 Å². The number of aryl methyl sites for hydroxylation is 1. The Morgan fingerprint density at radius 1 is 1.22 bits per heavy atom. The van der Waals surface area contributed by atoms with Gasteiger partial charge in [-0.2, -0.15) is 14.9 Å². The Balaban J connectivity index is 1.65. The number of aromatic amines is 1. The van der Waals surface area contributed by atoms with Gasteiger partial charge in [-0.1, -0.05) is 36.2 Å². The fourth-order valence-corrected chi connectivity index (χ4v) is 3.06. The van der Waals surface area contributed by atoms with Gasteiger partial charge in [-0.25, -0.2) is 0 Å². The Bertz CT molecular complexity index is 996. The van der Waals surface area contributed by atoms with Crippen molar-refractivity contribution in [3.63, 3.8) is 0 Å². The number of nitrogens with one attached hydrogen (secondary N) is 1. The highest BCUT2D eigenvalue weighted by atomic mass is 35.5. The zero-order valence-electron chi connectivity index (χ0n) is 14.7. The number of hydrogen-bond donors (Lipinski definition) is 1. The van der Waals surface area contributed by atoms with Crippen molar-refractivity contribution in [2.75, 3.05) is 0 Å². The molecule has 0 aliphatic carbocycles. The summed E-state index contributed by atoms with van der Waals surface area (Å²) in [6.45, 7) is 2.45. The van der Waals surface area contributed by atoms with E-state index < -0.39 is 0 Å². The van der Waals surface area contributed by atoms with Crippen molar-refractivity contribution in [3.8, 4) is 5.75 Å². The minimum absolute atomic E-state index is 0.369. The lowest BCUT2D eigenvalue weighted by Gasteiger charge is -2.08. The zero-order valence-corrected chi connectivity index (χ0v) is 17.0. The molecule has 0 atom stereocenters. The predicted molar refractivity (Wildman–Crippen MR) is 112 cm³/mol. The summed E-state index contributed by atoms with van der Waals surface area (Å²) in [6.07, 6.45) is 3.52. The third-order valence-corrected chi connectivity index (χ3v) is 4.65. The van der Waals surface area contributed by atoms with E-state index in [1.807, 2.05) is 30.3 Å². The van der Waals surface area contributed by atoms with Gasteiger partial charge < -0.3 is 4.74 Å². The zero-order chi connectivity index (χ0) is 19.2. The van der Waals surface area contributed by atoms with Gasteiger partial charge >= 0.3 is 0 Å². The van der Waals surface area contributed by atoms with E-state index in [0.717, 1.165) is 35.5 Å². The van der Waals surface area contributed by atoms with Gasteiger partial charge in [0.2, 0.25) is 4.77 Å². The maximum Gasteiger partial charge on any atom is 0.216 e. The Morgan fingerprint density at radius 3 is 2.70 bits per heavy atom. The third kappa shape index (κ3) is 5.19. The summed E-state index contributed by atoms with van der Waals surface area (Å²) in [5, 5.41) is 12.6. The van der Waals surface area contributed by atoms with Crippen LogP contribution in [0.2, 0.25) is 10.0 Å². The van der Waals surface area contributed by atoms with E-state index >= 15 is 0 Å². The number of aromatic nitrogens is 3. The molecule has 5 nitrogen and oxygen atoms in total. The van der Waals surface area contributed by atoms with Gasteiger partial charge in [-0.05, 0) is 60.6 Å². The highest BCUT2D eigenvalue weighted by molar-refractivity contribution is 7.71. The summed E-state index contributed by atoms with van der Waals surface area (Å²) >= 11 is 17.3. The number of halogens is 2. The molecule has 0 fully saturated rings. The van der Waals surface area contributed by atoms with Crippen molar-refractivity contribution in [3.05, 3.63) is 74.2 Å². The number of hydrogen-bond acceptors (Lipinski definition) is 4. The first-order chi connectivity index (χ1) is 13.1. The van der Waals surface area contributed by atoms with Crippen molar-refractivity contribution in [2.45, 2.75) is 26.4 Å². The Hall–Kier alpha value is -2.15. The summed E-state index contributed by atoms with van der Waals surface area (Å²) in [7, 11) is 0. The van der Waals surface area contributed by atoms with E-state index in [2.05, 4.69) is 22.2 Å². The van der Waals surface area contributed by atoms with Crippen LogP contribution in [0.5, 0.6) is 5.75 Å². The molecule has 0 spiro atoms. The second-order valence-electron chi connectivity index (χ2n) is 5.84. The smallest absolute Gasteiger partial charge is 0.216 e. The molecule has 140 valence electrons. The Morgan fingerprint density at radius 2 is 2.00 bits per heavy atom. The highest BCUT2D eigenvalue weighted by Gasteiger charge is 2.04. The van der Waals surface area contributed by atoms with Crippen LogP contribution in [0.4, 0.5) is 0 Å². The summed E-state index contributed by atoms with van der Waals surface area (Å²) in [6, 6.07) is 13.0. The van der Waals surface area contributed by atoms with Crippen molar-refractivity contribution in [2.24, 2.45) is 5.10 Å². The molecule has 0 bridgehead atoms. The van der Waals surface area contributed by atoms with Gasteiger partial charge in [0.05, 0.1) is 6.21 Å². The molecule has 1 aromatic heterocycles. The van der Waals surface area contributed by atoms with Crippen molar-refractivity contribution in [1.29, 1.82) is 0 Å². The van der Waals surface area contributed by atoms with Crippen molar-refractivity contribution in [1.82, 2.24) is 14.9 Å². The topological polar surface area (TPSA) is 55.2 Å². The minimum Gasteiger partial charge on any atom is -0.489 e. The second-order valence-corrected chi connectivity index (χ2v) is 7.08. The minimum atomic E-state index is 0.369. The summed E-state index contributed by atoms with van der Waals surface area (Å²) < 4.78 is 7.91. The van der Waals surface area contributed by atoms with Crippen LogP contribution in [0.3, 0.4) is 0 Å². The number of nitrogens with zero attached hydrogens (tertiary/aromatic N) is 3. The summed E-state index contributed by atoms with van der Waals surface area (Å²) in [4.78, 5) is 0. The summed E-state index contributed by atoms with van der Waals surface area (Å²) in [5.74, 6) is 1.56. The molecular weight excluding hydrogens is 403 g/mol. The van der Waals surface area contributed by atoms with Gasteiger partial charge in [0.15, 0.2) is 5.82 Å². The molecule has 1 heterocycles. The van der Waals surface area contributed by atoms with Crippen LogP contribution in [0.1, 0.15) is 30.3 Å². The lowest BCUT2D eigenvalue weighted by Crippen LogP contribution is -1.99. The van der Waals surface area contributed by atoms with Gasteiger partial charge in [-0.3, -0.25) is 5.10 Å². The first-order valence-electron chi connectivity index (χ1n) is 8.44. The molecular formula is C19H18Cl2N4OS. The first kappa shape index (κ1) is 19.6. The average Bonchev–Trinajstić information content (AvgIpc) is 3.00.